The van der Waals surface area contributed by atoms with E-state index in [0.717, 1.165) is 22.5 Å². The van der Waals surface area contributed by atoms with Crippen molar-refractivity contribution >= 4 is 21.6 Å². The highest BCUT2D eigenvalue weighted by Crippen LogP contribution is 2.33. The Morgan fingerprint density at radius 1 is 1.50 bits per heavy atom. The van der Waals surface area contributed by atoms with Crippen molar-refractivity contribution in [1.82, 2.24) is 0 Å². The fourth-order valence-electron chi connectivity index (χ4n) is 2.73. The van der Waals surface area contributed by atoms with Crippen LogP contribution in [0.1, 0.15) is 44.8 Å². The molecule has 2 atom stereocenters. The highest BCUT2D eigenvalue weighted by molar-refractivity contribution is 9.10. The Morgan fingerprint density at radius 2 is 2.28 bits per heavy atom. The predicted octanol–water partition coefficient (Wildman–Crippen LogP) is 4.13. The van der Waals surface area contributed by atoms with Gasteiger partial charge in [0.2, 0.25) is 0 Å². The molecule has 0 radical (unpaired) electrons. The first-order valence-corrected chi connectivity index (χ1v) is 7.63. The van der Waals surface area contributed by atoms with E-state index in [2.05, 4.69) is 33.8 Å². The van der Waals surface area contributed by atoms with Crippen LogP contribution in [0.4, 0.5) is 5.69 Å². The Balaban J connectivity index is 2.10. The van der Waals surface area contributed by atoms with E-state index < -0.39 is 6.10 Å². The van der Waals surface area contributed by atoms with Gasteiger partial charge in [-0.2, -0.15) is 0 Å². The summed E-state index contributed by atoms with van der Waals surface area (Å²) in [6.07, 6.45) is 3.51. The fraction of sp³-hybridized carbons (Fsp3) is 0.600. The number of aliphatic hydroxyl groups is 1. The lowest BCUT2D eigenvalue weighted by atomic mass is 10.0. The van der Waals surface area contributed by atoms with Crippen LogP contribution < -0.4 is 4.90 Å². The summed E-state index contributed by atoms with van der Waals surface area (Å²) >= 11 is 3.63. The molecular formula is C15H22BrNO. The first kappa shape index (κ1) is 13.9. The summed E-state index contributed by atoms with van der Waals surface area (Å²) in [6, 6.07) is 6.19. The Hall–Kier alpha value is -0.540. The van der Waals surface area contributed by atoms with Gasteiger partial charge in [0.05, 0.1) is 11.8 Å². The predicted molar refractivity (Wildman–Crippen MR) is 80.0 cm³/mol. The minimum absolute atomic E-state index is 0.401. The summed E-state index contributed by atoms with van der Waals surface area (Å²) in [5.41, 5.74) is 2.23. The van der Waals surface area contributed by atoms with Gasteiger partial charge in [0, 0.05) is 17.6 Å². The zero-order chi connectivity index (χ0) is 13.1. The molecule has 0 aliphatic carbocycles. The number of anilines is 1. The zero-order valence-corrected chi connectivity index (χ0v) is 12.8. The second kappa shape index (κ2) is 6.07. The summed E-state index contributed by atoms with van der Waals surface area (Å²) in [7, 11) is 0. The molecule has 18 heavy (non-hydrogen) atoms. The van der Waals surface area contributed by atoms with E-state index in [1.54, 1.807) is 6.92 Å². The number of halogens is 1. The quantitative estimate of drug-likeness (QED) is 0.903. The van der Waals surface area contributed by atoms with Gasteiger partial charge >= 0.3 is 0 Å². The van der Waals surface area contributed by atoms with Gasteiger partial charge in [-0.1, -0.05) is 19.4 Å². The highest BCUT2D eigenvalue weighted by Gasteiger charge is 2.23. The summed E-state index contributed by atoms with van der Waals surface area (Å²) in [6.45, 7) is 6.38. The number of benzene rings is 1. The molecule has 1 aromatic rings. The molecule has 0 spiro atoms. The molecule has 1 aromatic carbocycles. The number of hydrogen-bond donors (Lipinski definition) is 1. The van der Waals surface area contributed by atoms with Crippen molar-refractivity contribution in [3.63, 3.8) is 0 Å². The van der Waals surface area contributed by atoms with E-state index in [-0.39, 0.29) is 0 Å². The lowest BCUT2D eigenvalue weighted by molar-refractivity contribution is 0.199. The van der Waals surface area contributed by atoms with Gasteiger partial charge in [0.15, 0.2) is 0 Å². The van der Waals surface area contributed by atoms with E-state index in [0.29, 0.717) is 0 Å². The van der Waals surface area contributed by atoms with Gasteiger partial charge in [0.1, 0.15) is 0 Å². The van der Waals surface area contributed by atoms with E-state index in [1.165, 1.54) is 31.5 Å². The minimum atomic E-state index is -0.401. The average Bonchev–Trinajstić information content (AvgIpc) is 2.77. The third-order valence-corrected chi connectivity index (χ3v) is 4.41. The summed E-state index contributed by atoms with van der Waals surface area (Å²) in [5, 5.41) is 9.58. The summed E-state index contributed by atoms with van der Waals surface area (Å²) in [4.78, 5) is 2.45. The molecule has 2 rings (SSSR count). The molecule has 0 amide bonds. The molecule has 3 heteroatoms. The second-order valence-electron chi connectivity index (χ2n) is 5.28. The molecule has 1 fully saturated rings. The van der Waals surface area contributed by atoms with Crippen LogP contribution in [0.25, 0.3) is 0 Å². The van der Waals surface area contributed by atoms with Crippen LogP contribution in [0.5, 0.6) is 0 Å². The molecule has 0 aromatic heterocycles. The number of nitrogens with zero attached hydrogens (tertiary/aromatic N) is 1. The van der Waals surface area contributed by atoms with Crippen molar-refractivity contribution in [2.45, 2.75) is 39.2 Å². The molecule has 1 N–H and O–H groups in total. The second-order valence-corrected chi connectivity index (χ2v) is 6.13. The Bertz CT molecular complexity index is 405. The third kappa shape index (κ3) is 3.07. The molecular weight excluding hydrogens is 290 g/mol. The molecule has 0 saturated carbocycles. The van der Waals surface area contributed by atoms with Crippen LogP contribution in [0.2, 0.25) is 0 Å². The van der Waals surface area contributed by atoms with Crippen LogP contribution in [0.3, 0.4) is 0 Å². The normalized spacial score (nSPS) is 21.3. The highest BCUT2D eigenvalue weighted by atomic mass is 79.9. The van der Waals surface area contributed by atoms with Crippen molar-refractivity contribution in [2.24, 2.45) is 5.92 Å². The molecule has 1 aliphatic rings. The lowest BCUT2D eigenvalue weighted by Crippen LogP contribution is -2.20. The maximum atomic E-state index is 9.58. The molecule has 1 unspecified atom stereocenters. The first-order chi connectivity index (χ1) is 8.61. The largest absolute Gasteiger partial charge is 0.389 e. The Labute approximate surface area is 118 Å². The monoisotopic (exact) mass is 311 g/mol. The number of rotatable bonds is 4. The number of aliphatic hydroxyl groups excluding tert-OH is 1. The van der Waals surface area contributed by atoms with Crippen LogP contribution in [0.15, 0.2) is 22.7 Å². The minimum Gasteiger partial charge on any atom is -0.389 e. The average molecular weight is 312 g/mol. The van der Waals surface area contributed by atoms with Crippen molar-refractivity contribution in [1.29, 1.82) is 0 Å². The van der Waals surface area contributed by atoms with Crippen molar-refractivity contribution in [2.75, 3.05) is 18.0 Å². The Kier molecular flexibility index (Phi) is 4.68. The van der Waals surface area contributed by atoms with Crippen molar-refractivity contribution in [3.05, 3.63) is 28.2 Å². The van der Waals surface area contributed by atoms with Gasteiger partial charge in [-0.15, -0.1) is 0 Å². The third-order valence-electron chi connectivity index (χ3n) is 3.78. The van der Waals surface area contributed by atoms with Gasteiger partial charge in [-0.3, -0.25) is 0 Å². The maximum absolute atomic E-state index is 9.58. The molecule has 100 valence electrons. The summed E-state index contributed by atoms with van der Waals surface area (Å²) in [5.74, 6) is 0.846. The lowest BCUT2D eigenvalue weighted by Gasteiger charge is -2.21. The van der Waals surface area contributed by atoms with Crippen LogP contribution in [-0.2, 0) is 0 Å². The molecule has 1 heterocycles. The van der Waals surface area contributed by atoms with E-state index >= 15 is 0 Å². The van der Waals surface area contributed by atoms with Crippen molar-refractivity contribution in [3.8, 4) is 0 Å². The first-order valence-electron chi connectivity index (χ1n) is 6.84. The Morgan fingerprint density at radius 3 is 2.89 bits per heavy atom. The zero-order valence-electron chi connectivity index (χ0n) is 11.2. The molecule has 0 bridgehead atoms. The fourth-order valence-corrected chi connectivity index (χ4v) is 3.38. The SMILES string of the molecule is CCCC1CCN(c2ccc([C@@H](C)O)cc2Br)C1. The smallest absolute Gasteiger partial charge is 0.0762 e. The van der Waals surface area contributed by atoms with E-state index in [4.69, 9.17) is 0 Å². The van der Waals surface area contributed by atoms with Crippen LogP contribution >= 0.6 is 15.9 Å². The van der Waals surface area contributed by atoms with Gasteiger partial charge < -0.3 is 10.0 Å². The number of hydrogen-bond acceptors (Lipinski definition) is 2. The molecule has 1 aliphatic heterocycles. The van der Waals surface area contributed by atoms with Crippen molar-refractivity contribution < 1.29 is 5.11 Å². The van der Waals surface area contributed by atoms with E-state index in [1.807, 2.05) is 12.1 Å². The van der Waals surface area contributed by atoms with Gasteiger partial charge in [-0.05, 0) is 59.3 Å². The van der Waals surface area contributed by atoms with Gasteiger partial charge in [-0.25, -0.2) is 0 Å². The molecule has 1 saturated heterocycles. The van der Waals surface area contributed by atoms with E-state index in [9.17, 15) is 5.11 Å². The maximum Gasteiger partial charge on any atom is 0.0762 e. The summed E-state index contributed by atoms with van der Waals surface area (Å²) < 4.78 is 1.10. The molecule has 2 nitrogen and oxygen atoms in total. The van der Waals surface area contributed by atoms with Crippen LogP contribution in [0, 0.1) is 5.92 Å². The van der Waals surface area contributed by atoms with Gasteiger partial charge in [0.25, 0.3) is 0 Å². The topological polar surface area (TPSA) is 23.5 Å². The standard InChI is InChI=1S/C15H22BrNO/c1-3-4-12-7-8-17(10-12)15-6-5-13(11(2)18)9-14(15)16/h5-6,9,11-12,18H,3-4,7-8,10H2,1-2H3/t11-,12?/m1/s1. The van der Waals surface area contributed by atoms with Crippen LogP contribution in [-0.4, -0.2) is 18.2 Å².